The van der Waals surface area contributed by atoms with Gasteiger partial charge in [-0.25, -0.2) is 0 Å². The molecule has 0 amide bonds. The van der Waals surface area contributed by atoms with Crippen molar-refractivity contribution in [2.45, 2.75) is 6.92 Å². The molecular weight excluding hydrogens is 206 g/mol. The number of hydrogen-bond donors (Lipinski definition) is 3. The zero-order chi connectivity index (χ0) is 10.1. The predicted molar refractivity (Wildman–Crippen MR) is 42.6 cm³/mol. The van der Waals surface area contributed by atoms with Gasteiger partial charge in [-0.3, -0.25) is 0 Å². The third-order valence-electron chi connectivity index (χ3n) is 0.410. The summed E-state index contributed by atoms with van der Waals surface area (Å²) in [6, 6.07) is 0. The minimum atomic E-state index is -2.92. The van der Waals surface area contributed by atoms with Crippen LogP contribution in [0.2, 0.25) is 0 Å². The molecule has 0 aliphatic carbocycles. The summed E-state index contributed by atoms with van der Waals surface area (Å²) in [6.07, 6.45) is 0. The van der Waals surface area contributed by atoms with Crippen molar-refractivity contribution in [2.75, 3.05) is 6.61 Å². The van der Waals surface area contributed by atoms with Crippen molar-refractivity contribution in [1.82, 2.24) is 0 Å². The fourth-order valence-electron chi connectivity index (χ4n) is 0.0598. The maximum atomic E-state index is 9.39. The van der Waals surface area contributed by atoms with E-state index in [9.17, 15) is 9.13 Å². The lowest BCUT2D eigenvalue weighted by atomic mass is 10.4. The van der Waals surface area contributed by atoms with E-state index in [1.165, 1.54) is 0 Å². The van der Waals surface area contributed by atoms with Gasteiger partial charge in [-0.05, 0) is 6.92 Å². The van der Waals surface area contributed by atoms with Gasteiger partial charge in [-0.15, -0.1) is 9.79 Å². The maximum Gasteiger partial charge on any atom is 0.745 e. The Morgan fingerprint density at radius 1 is 1.42 bits per heavy atom. The molecule has 0 aromatic carbocycles. The second-order valence-corrected chi connectivity index (χ2v) is 3.28. The fourth-order valence-corrected chi connectivity index (χ4v) is 0.538. The highest BCUT2D eigenvalue weighted by Gasteiger charge is 2.31. The molecular formula is C4H10O6P2+2. The summed E-state index contributed by atoms with van der Waals surface area (Å²) in [7, 11) is -5.85. The van der Waals surface area contributed by atoms with Crippen LogP contribution in [0.3, 0.4) is 0 Å². The van der Waals surface area contributed by atoms with Gasteiger partial charge in [-0.1, -0.05) is 12.2 Å². The molecule has 0 saturated carbocycles. The van der Waals surface area contributed by atoms with Crippen LogP contribution in [0.4, 0.5) is 0 Å². The molecule has 0 spiro atoms. The van der Waals surface area contributed by atoms with E-state index in [2.05, 4.69) is 10.9 Å². The first-order chi connectivity index (χ1) is 5.40. The second-order valence-electron chi connectivity index (χ2n) is 1.67. The van der Waals surface area contributed by atoms with Crippen molar-refractivity contribution in [2.24, 2.45) is 0 Å². The van der Waals surface area contributed by atoms with E-state index >= 15 is 0 Å². The first kappa shape index (κ1) is 14.3. The molecule has 8 heteroatoms. The summed E-state index contributed by atoms with van der Waals surface area (Å²) in [6.45, 7) is 5.31. The Bertz CT molecular complexity index is 166. The zero-order valence-corrected chi connectivity index (χ0v) is 8.16. The SMILES string of the molecule is C=C(C)CO.O=[P+](O)O[P+](=O)O. The topological polar surface area (TPSA) is 104 Å². The first-order valence-electron chi connectivity index (χ1n) is 2.65. The average Bonchev–Trinajstić information content (AvgIpc) is 1.85. The number of aliphatic hydroxyl groups excluding tert-OH is 1. The Morgan fingerprint density at radius 3 is 1.67 bits per heavy atom. The van der Waals surface area contributed by atoms with Gasteiger partial charge >= 0.3 is 16.5 Å². The highest BCUT2D eigenvalue weighted by atomic mass is 31.2. The maximum absolute atomic E-state index is 9.39. The summed E-state index contributed by atoms with van der Waals surface area (Å²) in [5.74, 6) is 0. The third-order valence-corrected chi connectivity index (χ3v) is 1.53. The largest absolute Gasteiger partial charge is 0.745 e. The normalized spacial score (nSPS) is 11.0. The van der Waals surface area contributed by atoms with Gasteiger partial charge in [0.15, 0.2) is 4.31 Å². The molecule has 12 heavy (non-hydrogen) atoms. The molecule has 0 heterocycles. The number of hydrogen-bond acceptors (Lipinski definition) is 4. The van der Waals surface area contributed by atoms with Gasteiger partial charge in [0.2, 0.25) is 0 Å². The summed E-state index contributed by atoms with van der Waals surface area (Å²) in [5, 5.41) is 8.04. The van der Waals surface area contributed by atoms with E-state index in [4.69, 9.17) is 14.9 Å². The molecule has 6 nitrogen and oxygen atoms in total. The lowest BCUT2D eigenvalue weighted by Crippen LogP contribution is -1.76. The van der Waals surface area contributed by atoms with Crippen molar-refractivity contribution in [1.29, 1.82) is 0 Å². The lowest BCUT2D eigenvalue weighted by Gasteiger charge is -1.79. The quantitative estimate of drug-likeness (QED) is 0.477. The van der Waals surface area contributed by atoms with Crippen LogP contribution < -0.4 is 0 Å². The summed E-state index contributed by atoms with van der Waals surface area (Å²) in [4.78, 5) is 15.3. The van der Waals surface area contributed by atoms with Crippen LogP contribution in [0.1, 0.15) is 6.92 Å². The molecule has 0 aliphatic heterocycles. The summed E-state index contributed by atoms with van der Waals surface area (Å²) in [5.41, 5.74) is 0.810. The van der Waals surface area contributed by atoms with Crippen LogP contribution in [0.25, 0.3) is 0 Å². The minimum absolute atomic E-state index is 0.111. The molecule has 70 valence electrons. The average molecular weight is 216 g/mol. The molecule has 0 radical (unpaired) electrons. The Labute approximate surface area is 71.4 Å². The molecule has 0 fully saturated rings. The van der Waals surface area contributed by atoms with Crippen molar-refractivity contribution in [3.8, 4) is 0 Å². The molecule has 0 rings (SSSR count). The Hall–Kier alpha value is -0.220. The highest BCUT2D eigenvalue weighted by Crippen LogP contribution is 2.30. The molecule has 0 saturated heterocycles. The molecule has 3 N–H and O–H groups in total. The smallest absolute Gasteiger partial charge is 0.392 e. The predicted octanol–water partition coefficient (Wildman–Crippen LogP) is 0.857. The van der Waals surface area contributed by atoms with Gasteiger partial charge < -0.3 is 5.11 Å². The number of aliphatic hydroxyl groups is 1. The molecule has 0 bridgehead atoms. The van der Waals surface area contributed by atoms with Gasteiger partial charge in [0.25, 0.3) is 0 Å². The van der Waals surface area contributed by atoms with Gasteiger partial charge in [-0.2, -0.15) is 0 Å². The standard InChI is InChI=1S/C4H8O.O5P2/c1-4(2)3-5;1-6(2)5-7(3)4/h5H,1,3H2,2H3;/p+2. The van der Waals surface area contributed by atoms with E-state index in [1.807, 2.05) is 0 Å². The molecule has 2 atom stereocenters. The highest BCUT2D eigenvalue weighted by molar-refractivity contribution is 7.46. The van der Waals surface area contributed by atoms with Crippen LogP contribution in [0.15, 0.2) is 12.2 Å². The van der Waals surface area contributed by atoms with Crippen molar-refractivity contribution < 1.29 is 28.3 Å². The van der Waals surface area contributed by atoms with Crippen molar-refractivity contribution >= 4 is 16.5 Å². The van der Waals surface area contributed by atoms with Gasteiger partial charge in [0.05, 0.1) is 6.61 Å². The first-order valence-corrected chi connectivity index (χ1v) is 4.91. The van der Waals surface area contributed by atoms with Crippen LogP contribution in [-0.2, 0) is 13.4 Å². The Balaban J connectivity index is 0. The second kappa shape index (κ2) is 8.87. The van der Waals surface area contributed by atoms with Crippen LogP contribution in [0, 0.1) is 0 Å². The molecule has 2 unspecified atom stereocenters. The lowest BCUT2D eigenvalue weighted by molar-refractivity contribution is 0.332. The summed E-state index contributed by atoms with van der Waals surface area (Å²) >= 11 is 0. The zero-order valence-electron chi connectivity index (χ0n) is 6.38. The fraction of sp³-hybridized carbons (Fsp3) is 0.500. The van der Waals surface area contributed by atoms with Crippen molar-refractivity contribution in [3.63, 3.8) is 0 Å². The van der Waals surface area contributed by atoms with E-state index < -0.39 is 16.5 Å². The van der Waals surface area contributed by atoms with E-state index in [-0.39, 0.29) is 6.61 Å². The van der Waals surface area contributed by atoms with Crippen LogP contribution in [0.5, 0.6) is 0 Å². The Kier molecular flexibility index (Phi) is 10.6. The van der Waals surface area contributed by atoms with Crippen molar-refractivity contribution in [3.05, 3.63) is 12.2 Å². The monoisotopic (exact) mass is 216 g/mol. The van der Waals surface area contributed by atoms with Crippen LogP contribution in [-0.4, -0.2) is 21.5 Å². The third kappa shape index (κ3) is 22.6. The molecule has 0 aliphatic rings. The van der Waals surface area contributed by atoms with E-state index in [1.54, 1.807) is 6.92 Å². The van der Waals surface area contributed by atoms with Crippen LogP contribution >= 0.6 is 16.5 Å². The van der Waals surface area contributed by atoms with Gasteiger partial charge in [0.1, 0.15) is 0 Å². The number of rotatable bonds is 3. The van der Waals surface area contributed by atoms with E-state index in [0.717, 1.165) is 5.57 Å². The molecule has 0 aromatic rings. The minimum Gasteiger partial charge on any atom is -0.392 e. The summed E-state index contributed by atoms with van der Waals surface area (Å²) < 4.78 is 22.2. The Morgan fingerprint density at radius 2 is 1.67 bits per heavy atom. The van der Waals surface area contributed by atoms with E-state index in [0.29, 0.717) is 0 Å². The molecule has 0 aromatic heterocycles. The van der Waals surface area contributed by atoms with Gasteiger partial charge in [0, 0.05) is 9.13 Å².